The highest BCUT2D eigenvalue weighted by atomic mass is 79.9. The Morgan fingerprint density at radius 2 is 1.75 bits per heavy atom. The number of fused-ring (bicyclic) bond motifs is 1. The molecule has 0 aliphatic rings. The van der Waals surface area contributed by atoms with Gasteiger partial charge in [-0.15, -0.1) is 0 Å². The first kappa shape index (κ1) is 22.3. The van der Waals surface area contributed by atoms with Crippen molar-refractivity contribution in [1.82, 2.24) is 5.43 Å². The Morgan fingerprint density at radius 3 is 2.53 bits per heavy atom. The zero-order chi connectivity index (χ0) is 22.5. The highest BCUT2D eigenvalue weighted by Gasteiger charge is 2.11. The van der Waals surface area contributed by atoms with Crippen molar-refractivity contribution in [3.05, 3.63) is 110 Å². The maximum atomic E-state index is 12.1. The van der Waals surface area contributed by atoms with Crippen molar-refractivity contribution >= 4 is 62.0 Å². The van der Waals surface area contributed by atoms with Gasteiger partial charge in [-0.2, -0.15) is 5.10 Å². The molecule has 4 rings (SSSR count). The van der Waals surface area contributed by atoms with Gasteiger partial charge in [0.25, 0.3) is 5.91 Å². The Morgan fingerprint density at radius 1 is 1.00 bits per heavy atom. The maximum Gasteiger partial charge on any atom is 0.271 e. The summed E-state index contributed by atoms with van der Waals surface area (Å²) in [5.74, 6) is 0.208. The van der Waals surface area contributed by atoms with Crippen LogP contribution >= 0.6 is 39.1 Å². The van der Waals surface area contributed by atoms with Crippen molar-refractivity contribution in [3.8, 4) is 5.75 Å². The van der Waals surface area contributed by atoms with Crippen molar-refractivity contribution in [1.29, 1.82) is 0 Å². The molecular weight excluding hydrogens is 511 g/mol. The molecule has 0 saturated carbocycles. The highest BCUT2D eigenvalue weighted by molar-refractivity contribution is 9.10. The summed E-state index contributed by atoms with van der Waals surface area (Å²) in [5.41, 5.74) is 4.72. The van der Waals surface area contributed by atoms with Gasteiger partial charge in [-0.05, 0) is 74.2 Å². The number of hydrazone groups is 1. The molecule has 160 valence electrons. The molecule has 0 bridgehead atoms. The van der Waals surface area contributed by atoms with E-state index in [2.05, 4.69) is 44.7 Å². The van der Waals surface area contributed by atoms with Crippen LogP contribution in [-0.4, -0.2) is 12.1 Å². The summed E-state index contributed by atoms with van der Waals surface area (Å²) < 4.78 is 6.71. The van der Waals surface area contributed by atoms with E-state index in [-0.39, 0.29) is 5.91 Å². The van der Waals surface area contributed by atoms with Gasteiger partial charge in [-0.25, -0.2) is 5.43 Å². The minimum atomic E-state index is -0.335. The molecule has 0 aromatic heterocycles. The number of nitrogens with one attached hydrogen (secondary N) is 1. The third-order valence-electron chi connectivity index (χ3n) is 4.76. The average molecular weight is 528 g/mol. The number of ether oxygens (including phenoxy) is 1. The second kappa shape index (κ2) is 10.2. The van der Waals surface area contributed by atoms with Gasteiger partial charge in [0.05, 0.1) is 15.7 Å². The van der Waals surface area contributed by atoms with Gasteiger partial charge < -0.3 is 4.74 Å². The molecular formula is C25H17BrCl2N2O2. The fourth-order valence-electron chi connectivity index (χ4n) is 3.19. The quantitative estimate of drug-likeness (QED) is 0.212. The standard InChI is InChI=1S/C25H17BrCl2N2O2/c26-22-12-16(14-29-30-25(31)18-8-10-20(27)11-9-18)13-23(28)24(22)32-15-19-6-3-5-17-4-1-2-7-21(17)19/h1-14H,15H2,(H,30,31)/b29-14-. The van der Waals surface area contributed by atoms with Gasteiger partial charge in [-0.3, -0.25) is 4.79 Å². The third kappa shape index (κ3) is 5.30. The Bertz CT molecular complexity index is 1280. The Hall–Kier alpha value is -2.86. The van der Waals surface area contributed by atoms with Crippen LogP contribution in [0.1, 0.15) is 21.5 Å². The molecule has 0 radical (unpaired) electrons. The molecule has 4 aromatic rings. The zero-order valence-corrected chi connectivity index (χ0v) is 19.8. The number of carbonyl (C=O) groups excluding carboxylic acids is 1. The van der Waals surface area contributed by atoms with Crippen LogP contribution in [0, 0.1) is 0 Å². The van der Waals surface area contributed by atoms with Crippen molar-refractivity contribution in [3.63, 3.8) is 0 Å². The SMILES string of the molecule is O=C(N/N=C\c1cc(Cl)c(OCc2cccc3ccccc23)c(Br)c1)c1ccc(Cl)cc1. The summed E-state index contributed by atoms with van der Waals surface area (Å²) in [7, 11) is 0. The first-order valence-corrected chi connectivity index (χ1v) is 11.2. The highest BCUT2D eigenvalue weighted by Crippen LogP contribution is 2.35. The monoisotopic (exact) mass is 526 g/mol. The first-order valence-electron chi connectivity index (χ1n) is 9.69. The lowest BCUT2D eigenvalue weighted by Crippen LogP contribution is -2.17. The van der Waals surface area contributed by atoms with Gasteiger partial charge in [-0.1, -0.05) is 65.7 Å². The van der Waals surface area contributed by atoms with Crippen LogP contribution in [0.15, 0.2) is 88.4 Å². The van der Waals surface area contributed by atoms with Crippen LogP contribution in [0.3, 0.4) is 0 Å². The van der Waals surface area contributed by atoms with E-state index in [0.29, 0.717) is 38.0 Å². The lowest BCUT2D eigenvalue weighted by Gasteiger charge is -2.12. The number of hydrogen-bond acceptors (Lipinski definition) is 3. The Kier molecular flexibility index (Phi) is 7.10. The molecule has 0 heterocycles. The van der Waals surface area contributed by atoms with Crippen molar-refractivity contribution in [2.24, 2.45) is 5.10 Å². The first-order chi connectivity index (χ1) is 15.5. The smallest absolute Gasteiger partial charge is 0.271 e. The molecule has 0 aliphatic heterocycles. The summed E-state index contributed by atoms with van der Waals surface area (Å²) in [6.07, 6.45) is 1.51. The Balaban J connectivity index is 1.44. The lowest BCUT2D eigenvalue weighted by molar-refractivity contribution is 0.0955. The second-order valence-electron chi connectivity index (χ2n) is 6.95. The molecule has 1 amide bonds. The predicted molar refractivity (Wildman–Crippen MR) is 134 cm³/mol. The molecule has 0 unspecified atom stereocenters. The van der Waals surface area contributed by atoms with Crippen LogP contribution in [0.25, 0.3) is 10.8 Å². The van der Waals surface area contributed by atoms with Crippen LogP contribution in [0.2, 0.25) is 10.0 Å². The van der Waals surface area contributed by atoms with Crippen LogP contribution < -0.4 is 10.2 Å². The lowest BCUT2D eigenvalue weighted by atomic mass is 10.1. The maximum absolute atomic E-state index is 12.1. The number of hydrogen-bond donors (Lipinski definition) is 1. The van der Waals surface area contributed by atoms with Crippen molar-refractivity contribution < 1.29 is 9.53 Å². The largest absolute Gasteiger partial charge is 0.486 e. The summed E-state index contributed by atoms with van der Waals surface area (Å²) in [4.78, 5) is 12.1. The van der Waals surface area contributed by atoms with E-state index in [1.165, 1.54) is 6.21 Å². The van der Waals surface area contributed by atoms with Gasteiger partial charge in [0, 0.05) is 10.6 Å². The van der Waals surface area contributed by atoms with E-state index < -0.39 is 0 Å². The van der Waals surface area contributed by atoms with Crippen LogP contribution in [0.5, 0.6) is 5.75 Å². The number of benzene rings is 4. The zero-order valence-electron chi connectivity index (χ0n) is 16.7. The van der Waals surface area contributed by atoms with E-state index >= 15 is 0 Å². The molecule has 1 N–H and O–H groups in total. The summed E-state index contributed by atoms with van der Waals surface area (Å²) in [6.45, 7) is 0.379. The minimum absolute atomic E-state index is 0.335. The number of rotatable bonds is 6. The van der Waals surface area contributed by atoms with Crippen molar-refractivity contribution in [2.75, 3.05) is 0 Å². The van der Waals surface area contributed by atoms with Gasteiger partial charge in [0.1, 0.15) is 6.61 Å². The van der Waals surface area contributed by atoms with Crippen LogP contribution in [-0.2, 0) is 6.61 Å². The van der Waals surface area contributed by atoms with Crippen LogP contribution in [0.4, 0.5) is 0 Å². The van der Waals surface area contributed by atoms with Crippen molar-refractivity contribution in [2.45, 2.75) is 6.61 Å². The average Bonchev–Trinajstić information content (AvgIpc) is 2.79. The molecule has 0 atom stereocenters. The molecule has 0 spiro atoms. The summed E-state index contributed by atoms with van der Waals surface area (Å²) in [6, 6.07) is 24.4. The van der Waals surface area contributed by atoms with E-state index in [4.69, 9.17) is 27.9 Å². The Labute approximate surface area is 203 Å². The fourth-order valence-corrected chi connectivity index (χ4v) is 4.31. The fraction of sp³-hybridized carbons (Fsp3) is 0.0400. The molecule has 7 heteroatoms. The summed E-state index contributed by atoms with van der Waals surface area (Å²) in [5, 5.41) is 7.30. The molecule has 0 aliphatic carbocycles. The number of amides is 1. The predicted octanol–water partition coefficient (Wildman–Crippen LogP) is 7.25. The van der Waals surface area contributed by atoms with Gasteiger partial charge in [0.15, 0.2) is 5.75 Å². The topological polar surface area (TPSA) is 50.7 Å². The second-order valence-corrected chi connectivity index (χ2v) is 8.64. The molecule has 32 heavy (non-hydrogen) atoms. The number of nitrogens with zero attached hydrogens (tertiary/aromatic N) is 1. The van der Waals surface area contributed by atoms with E-state index in [1.807, 2.05) is 30.3 Å². The normalized spacial score (nSPS) is 11.1. The molecule has 0 saturated heterocycles. The minimum Gasteiger partial charge on any atom is -0.486 e. The van der Waals surface area contributed by atoms with E-state index in [9.17, 15) is 4.79 Å². The number of carbonyl (C=O) groups is 1. The molecule has 4 nitrogen and oxygen atoms in total. The van der Waals surface area contributed by atoms with Gasteiger partial charge >= 0.3 is 0 Å². The number of halogens is 3. The van der Waals surface area contributed by atoms with Gasteiger partial charge in [0.2, 0.25) is 0 Å². The summed E-state index contributed by atoms with van der Waals surface area (Å²) >= 11 is 15.8. The third-order valence-corrected chi connectivity index (χ3v) is 5.88. The molecule has 4 aromatic carbocycles. The molecule has 0 fully saturated rings. The van der Waals surface area contributed by atoms with E-state index in [0.717, 1.165) is 16.3 Å². The van der Waals surface area contributed by atoms with E-state index in [1.54, 1.807) is 30.3 Å².